The summed E-state index contributed by atoms with van der Waals surface area (Å²) in [5, 5.41) is 13.0. The van der Waals surface area contributed by atoms with Gasteiger partial charge in [0.15, 0.2) is 0 Å². The summed E-state index contributed by atoms with van der Waals surface area (Å²) in [6, 6.07) is 0.624. The molecule has 0 aromatic heterocycles. The second-order valence-electron chi connectivity index (χ2n) is 5.73. The third-order valence-corrected chi connectivity index (χ3v) is 3.37. The SMILES string of the molecule is CCCCCOC(C)CC(C)(CO)NC1CC1. The molecule has 0 saturated heterocycles. The first kappa shape index (κ1) is 14.9. The molecule has 0 aliphatic heterocycles. The van der Waals surface area contributed by atoms with Crippen molar-refractivity contribution in [2.45, 2.75) is 77.0 Å². The van der Waals surface area contributed by atoms with Crippen molar-refractivity contribution in [3.05, 3.63) is 0 Å². The predicted octanol–water partition coefficient (Wildman–Crippen LogP) is 2.47. The lowest BCUT2D eigenvalue weighted by Crippen LogP contribution is -2.49. The topological polar surface area (TPSA) is 41.5 Å². The van der Waals surface area contributed by atoms with Crippen LogP contribution in [0.25, 0.3) is 0 Å². The van der Waals surface area contributed by atoms with Crippen LogP contribution >= 0.6 is 0 Å². The van der Waals surface area contributed by atoms with Gasteiger partial charge in [-0.25, -0.2) is 0 Å². The van der Waals surface area contributed by atoms with Crippen LogP contribution in [0.1, 0.15) is 59.3 Å². The molecule has 2 N–H and O–H groups in total. The molecule has 0 spiro atoms. The van der Waals surface area contributed by atoms with E-state index >= 15 is 0 Å². The van der Waals surface area contributed by atoms with Gasteiger partial charge in [0.05, 0.1) is 12.7 Å². The maximum Gasteiger partial charge on any atom is 0.0611 e. The Labute approximate surface area is 106 Å². The molecule has 3 heteroatoms. The Balaban J connectivity index is 2.18. The second kappa shape index (κ2) is 7.34. The summed E-state index contributed by atoms with van der Waals surface area (Å²) in [7, 11) is 0. The van der Waals surface area contributed by atoms with E-state index in [0.717, 1.165) is 19.4 Å². The minimum absolute atomic E-state index is 0.175. The van der Waals surface area contributed by atoms with Gasteiger partial charge in [0, 0.05) is 18.2 Å². The van der Waals surface area contributed by atoms with E-state index in [2.05, 4.69) is 26.1 Å². The summed E-state index contributed by atoms with van der Waals surface area (Å²) in [6.45, 7) is 7.43. The molecule has 17 heavy (non-hydrogen) atoms. The third kappa shape index (κ3) is 6.39. The maximum atomic E-state index is 9.50. The van der Waals surface area contributed by atoms with Crippen LogP contribution < -0.4 is 5.32 Å². The Kier molecular flexibility index (Phi) is 6.45. The molecule has 2 atom stereocenters. The number of ether oxygens (including phenoxy) is 1. The first-order chi connectivity index (χ1) is 8.09. The van der Waals surface area contributed by atoms with Crippen molar-refractivity contribution >= 4 is 0 Å². The first-order valence-corrected chi connectivity index (χ1v) is 7.10. The number of unbranched alkanes of at least 4 members (excludes halogenated alkanes) is 2. The summed E-state index contributed by atoms with van der Waals surface area (Å²) in [4.78, 5) is 0. The standard InChI is InChI=1S/C14H29NO2/c1-4-5-6-9-17-12(2)10-14(3,11-16)15-13-7-8-13/h12-13,15-16H,4-11H2,1-3H3. The lowest BCUT2D eigenvalue weighted by molar-refractivity contribution is 0.0259. The van der Waals surface area contributed by atoms with Crippen LogP contribution in [0.5, 0.6) is 0 Å². The van der Waals surface area contributed by atoms with Gasteiger partial charge in [0.1, 0.15) is 0 Å². The second-order valence-corrected chi connectivity index (χ2v) is 5.73. The first-order valence-electron chi connectivity index (χ1n) is 7.10. The molecule has 0 amide bonds. The van der Waals surface area contributed by atoms with E-state index in [1.54, 1.807) is 0 Å². The lowest BCUT2D eigenvalue weighted by atomic mass is 9.95. The Morgan fingerprint density at radius 2 is 2.12 bits per heavy atom. The molecule has 0 aromatic rings. The van der Waals surface area contributed by atoms with Gasteiger partial charge >= 0.3 is 0 Å². The van der Waals surface area contributed by atoms with Gasteiger partial charge in [0.25, 0.3) is 0 Å². The van der Waals surface area contributed by atoms with Gasteiger partial charge in [-0.2, -0.15) is 0 Å². The van der Waals surface area contributed by atoms with Gasteiger partial charge in [-0.1, -0.05) is 19.8 Å². The van der Waals surface area contributed by atoms with E-state index in [1.807, 2.05) is 0 Å². The molecule has 102 valence electrons. The fraction of sp³-hybridized carbons (Fsp3) is 1.00. The normalized spacial score (nSPS) is 21.2. The summed E-state index contributed by atoms with van der Waals surface area (Å²) < 4.78 is 5.79. The average molecular weight is 243 g/mol. The monoisotopic (exact) mass is 243 g/mol. The Morgan fingerprint density at radius 1 is 1.41 bits per heavy atom. The van der Waals surface area contributed by atoms with Crippen LogP contribution in [0.15, 0.2) is 0 Å². The summed E-state index contributed by atoms with van der Waals surface area (Å²) in [5.74, 6) is 0. The van der Waals surface area contributed by atoms with E-state index in [-0.39, 0.29) is 18.2 Å². The molecule has 0 radical (unpaired) electrons. The van der Waals surface area contributed by atoms with E-state index in [4.69, 9.17) is 4.74 Å². The smallest absolute Gasteiger partial charge is 0.0611 e. The zero-order valence-corrected chi connectivity index (χ0v) is 11.7. The Hall–Kier alpha value is -0.120. The van der Waals surface area contributed by atoms with E-state index in [1.165, 1.54) is 25.7 Å². The fourth-order valence-corrected chi connectivity index (χ4v) is 2.22. The van der Waals surface area contributed by atoms with Gasteiger partial charge in [-0.05, 0) is 39.5 Å². The Bertz CT molecular complexity index is 206. The average Bonchev–Trinajstić information content (AvgIpc) is 3.08. The van der Waals surface area contributed by atoms with Crippen molar-refractivity contribution < 1.29 is 9.84 Å². The number of rotatable bonds is 10. The fourth-order valence-electron chi connectivity index (χ4n) is 2.22. The molecule has 1 fully saturated rings. The number of nitrogens with one attached hydrogen (secondary N) is 1. The molecule has 1 rings (SSSR count). The minimum Gasteiger partial charge on any atom is -0.394 e. The number of hydrogen-bond donors (Lipinski definition) is 2. The highest BCUT2D eigenvalue weighted by Gasteiger charge is 2.33. The number of hydrogen-bond acceptors (Lipinski definition) is 3. The molecule has 0 heterocycles. The summed E-state index contributed by atoms with van der Waals surface area (Å²) in [5.41, 5.74) is -0.175. The van der Waals surface area contributed by atoms with Gasteiger partial charge in [-0.15, -0.1) is 0 Å². The molecule has 3 nitrogen and oxygen atoms in total. The number of aliphatic hydroxyl groups excluding tert-OH is 1. The quantitative estimate of drug-likeness (QED) is 0.579. The van der Waals surface area contributed by atoms with Crippen LogP contribution in [0.3, 0.4) is 0 Å². The van der Waals surface area contributed by atoms with Crippen molar-refractivity contribution in [2.24, 2.45) is 0 Å². The minimum atomic E-state index is -0.175. The van der Waals surface area contributed by atoms with Crippen LogP contribution in [-0.4, -0.2) is 36.0 Å². The van der Waals surface area contributed by atoms with Crippen LogP contribution in [-0.2, 0) is 4.74 Å². The molecular formula is C14H29NO2. The Morgan fingerprint density at radius 3 is 2.65 bits per heavy atom. The molecule has 2 unspecified atom stereocenters. The maximum absolute atomic E-state index is 9.50. The van der Waals surface area contributed by atoms with E-state index in [0.29, 0.717) is 6.04 Å². The molecule has 1 aliphatic carbocycles. The van der Waals surface area contributed by atoms with Crippen molar-refractivity contribution in [3.63, 3.8) is 0 Å². The highest BCUT2D eigenvalue weighted by molar-refractivity contribution is 4.93. The van der Waals surface area contributed by atoms with Gasteiger partial charge in [-0.3, -0.25) is 0 Å². The van der Waals surface area contributed by atoms with E-state index in [9.17, 15) is 5.11 Å². The third-order valence-electron chi connectivity index (χ3n) is 3.37. The van der Waals surface area contributed by atoms with E-state index < -0.39 is 0 Å². The molecule has 1 aliphatic rings. The summed E-state index contributed by atoms with van der Waals surface area (Å²) >= 11 is 0. The van der Waals surface area contributed by atoms with Gasteiger partial charge in [0.2, 0.25) is 0 Å². The van der Waals surface area contributed by atoms with Crippen molar-refractivity contribution in [3.8, 4) is 0 Å². The molecule has 0 aromatic carbocycles. The van der Waals surface area contributed by atoms with Crippen molar-refractivity contribution in [1.82, 2.24) is 5.32 Å². The lowest BCUT2D eigenvalue weighted by Gasteiger charge is -2.31. The molecule has 1 saturated carbocycles. The predicted molar refractivity (Wildman–Crippen MR) is 71.2 cm³/mol. The van der Waals surface area contributed by atoms with Crippen molar-refractivity contribution in [2.75, 3.05) is 13.2 Å². The summed E-state index contributed by atoms with van der Waals surface area (Å²) in [6.07, 6.45) is 7.22. The zero-order chi connectivity index (χ0) is 12.7. The number of aliphatic hydroxyl groups is 1. The van der Waals surface area contributed by atoms with Crippen LogP contribution in [0.2, 0.25) is 0 Å². The van der Waals surface area contributed by atoms with Crippen LogP contribution in [0.4, 0.5) is 0 Å². The van der Waals surface area contributed by atoms with Crippen molar-refractivity contribution in [1.29, 1.82) is 0 Å². The molecule has 0 bridgehead atoms. The highest BCUT2D eigenvalue weighted by atomic mass is 16.5. The van der Waals surface area contributed by atoms with Gasteiger partial charge < -0.3 is 15.2 Å². The highest BCUT2D eigenvalue weighted by Crippen LogP contribution is 2.25. The zero-order valence-electron chi connectivity index (χ0n) is 11.7. The van der Waals surface area contributed by atoms with Crippen LogP contribution in [0, 0.1) is 0 Å². The largest absolute Gasteiger partial charge is 0.394 e. The molecular weight excluding hydrogens is 214 g/mol.